The molecule has 1 atom stereocenters. The summed E-state index contributed by atoms with van der Waals surface area (Å²) in [5, 5.41) is 12.8. The van der Waals surface area contributed by atoms with Crippen molar-refractivity contribution in [3.63, 3.8) is 0 Å². The predicted octanol–water partition coefficient (Wildman–Crippen LogP) is 1.56. The molecule has 0 bridgehead atoms. The molecule has 1 saturated heterocycles. The van der Waals surface area contributed by atoms with Gasteiger partial charge in [0.1, 0.15) is 11.6 Å². The Morgan fingerprint density at radius 2 is 2.00 bits per heavy atom. The Morgan fingerprint density at radius 3 is 2.86 bits per heavy atom. The number of benzene rings is 2. The summed E-state index contributed by atoms with van der Waals surface area (Å²) in [6.07, 6.45) is 0.779. The molecule has 0 radical (unpaired) electrons. The Hall–Kier alpha value is -2.76. The second-order valence-electron chi connectivity index (χ2n) is 5.16. The number of nitrogens with zero attached hydrogens (tertiary/aromatic N) is 3. The van der Waals surface area contributed by atoms with Gasteiger partial charge in [0.05, 0.1) is 5.52 Å². The minimum absolute atomic E-state index is 0.230. The third-order valence-corrected chi connectivity index (χ3v) is 3.87. The van der Waals surface area contributed by atoms with Crippen molar-refractivity contribution in [3.05, 3.63) is 36.4 Å². The highest BCUT2D eigenvalue weighted by molar-refractivity contribution is 6.05. The number of carbonyl (C=O) groups excluding carboxylic acids is 2. The zero-order valence-electron chi connectivity index (χ0n) is 11.1. The van der Waals surface area contributed by atoms with Crippen molar-refractivity contribution in [2.75, 3.05) is 0 Å². The van der Waals surface area contributed by atoms with E-state index in [4.69, 9.17) is 0 Å². The second-order valence-corrected chi connectivity index (χ2v) is 5.16. The molecule has 0 saturated carbocycles. The number of piperidine rings is 1. The Bertz CT molecular complexity index is 884. The van der Waals surface area contributed by atoms with E-state index < -0.39 is 6.04 Å². The van der Waals surface area contributed by atoms with Gasteiger partial charge < -0.3 is 0 Å². The summed E-state index contributed by atoms with van der Waals surface area (Å²) in [4.78, 5) is 23.2. The third kappa shape index (κ3) is 1.79. The topological polar surface area (TPSA) is 76.9 Å². The first-order chi connectivity index (χ1) is 10.2. The number of rotatable bonds is 1. The maximum Gasteiger partial charge on any atom is 0.251 e. The van der Waals surface area contributed by atoms with Crippen molar-refractivity contribution in [2.45, 2.75) is 18.9 Å². The van der Waals surface area contributed by atoms with Crippen molar-refractivity contribution in [3.8, 4) is 0 Å². The summed E-state index contributed by atoms with van der Waals surface area (Å²) in [6, 6.07) is 11.4. The van der Waals surface area contributed by atoms with Crippen LogP contribution in [0.4, 0.5) is 0 Å². The fraction of sp³-hybridized carbons (Fsp3) is 0.200. The van der Waals surface area contributed by atoms with Crippen LogP contribution in [-0.4, -0.2) is 26.8 Å². The molecular formula is C15H12N4O2. The number of nitrogens with one attached hydrogen (secondary N) is 1. The van der Waals surface area contributed by atoms with Crippen LogP contribution in [0.15, 0.2) is 36.4 Å². The molecule has 1 aliphatic rings. The fourth-order valence-corrected chi connectivity index (χ4v) is 2.82. The van der Waals surface area contributed by atoms with Crippen molar-refractivity contribution in [1.29, 1.82) is 0 Å². The minimum atomic E-state index is -0.478. The summed E-state index contributed by atoms with van der Waals surface area (Å²) in [5.74, 6) is -0.544. The van der Waals surface area contributed by atoms with E-state index in [9.17, 15) is 9.59 Å². The van der Waals surface area contributed by atoms with Crippen molar-refractivity contribution < 1.29 is 9.59 Å². The quantitative estimate of drug-likeness (QED) is 0.686. The minimum Gasteiger partial charge on any atom is -0.295 e. The summed E-state index contributed by atoms with van der Waals surface area (Å²) < 4.78 is 1.61. The zero-order valence-corrected chi connectivity index (χ0v) is 11.1. The fourth-order valence-electron chi connectivity index (χ4n) is 2.82. The van der Waals surface area contributed by atoms with Gasteiger partial charge in [0.25, 0.3) is 5.91 Å². The molecule has 1 aliphatic heterocycles. The van der Waals surface area contributed by atoms with E-state index in [2.05, 4.69) is 15.6 Å². The van der Waals surface area contributed by atoms with Gasteiger partial charge in [0.2, 0.25) is 5.91 Å². The lowest BCUT2D eigenvalue weighted by molar-refractivity contribution is -0.135. The van der Waals surface area contributed by atoms with E-state index in [-0.39, 0.29) is 11.8 Å². The highest BCUT2D eigenvalue weighted by atomic mass is 16.2. The maximum atomic E-state index is 12.0. The lowest BCUT2D eigenvalue weighted by atomic mass is 10.1. The van der Waals surface area contributed by atoms with Gasteiger partial charge in [-0.15, -0.1) is 5.10 Å². The van der Waals surface area contributed by atoms with E-state index in [1.54, 1.807) is 4.68 Å². The van der Waals surface area contributed by atoms with Gasteiger partial charge in [0.15, 0.2) is 0 Å². The molecule has 3 aromatic rings. The lowest BCUT2D eigenvalue weighted by Crippen LogP contribution is -2.42. The molecule has 0 aliphatic carbocycles. The lowest BCUT2D eigenvalue weighted by Gasteiger charge is -2.21. The van der Waals surface area contributed by atoms with Crippen molar-refractivity contribution in [2.24, 2.45) is 0 Å². The first-order valence-corrected chi connectivity index (χ1v) is 6.80. The summed E-state index contributed by atoms with van der Waals surface area (Å²) in [6.45, 7) is 0. The molecule has 21 heavy (non-hydrogen) atoms. The largest absolute Gasteiger partial charge is 0.295 e. The summed E-state index contributed by atoms with van der Waals surface area (Å²) in [7, 11) is 0. The average Bonchev–Trinajstić information content (AvgIpc) is 2.91. The van der Waals surface area contributed by atoms with Crippen molar-refractivity contribution >= 4 is 33.6 Å². The SMILES string of the molecule is O=C1CCC(n2nnc3c4ccccc4ccc32)C(=O)N1. The van der Waals surface area contributed by atoms with E-state index >= 15 is 0 Å². The van der Waals surface area contributed by atoms with Crippen LogP contribution in [-0.2, 0) is 9.59 Å². The predicted molar refractivity (Wildman–Crippen MR) is 76.5 cm³/mol. The van der Waals surface area contributed by atoms with Crippen LogP contribution in [0.3, 0.4) is 0 Å². The Labute approximate surface area is 119 Å². The number of imide groups is 1. The van der Waals surface area contributed by atoms with E-state index in [0.29, 0.717) is 12.8 Å². The number of hydrogen-bond donors (Lipinski definition) is 1. The molecule has 1 aromatic heterocycles. The number of fused-ring (bicyclic) bond motifs is 3. The molecule has 1 N–H and O–H groups in total. The van der Waals surface area contributed by atoms with Crippen molar-refractivity contribution in [1.82, 2.24) is 20.3 Å². The van der Waals surface area contributed by atoms with Crippen LogP contribution in [0.25, 0.3) is 21.8 Å². The Balaban J connectivity index is 1.89. The summed E-state index contributed by atoms with van der Waals surface area (Å²) >= 11 is 0. The molecule has 104 valence electrons. The maximum absolute atomic E-state index is 12.0. The van der Waals surface area contributed by atoms with E-state index in [1.807, 2.05) is 36.4 Å². The zero-order chi connectivity index (χ0) is 14.4. The standard InChI is InChI=1S/C15H12N4O2/c20-13-8-7-12(15(21)16-13)19-11-6-5-9-3-1-2-4-10(9)14(11)17-18-19/h1-6,12H,7-8H2,(H,16,20,21). The highest BCUT2D eigenvalue weighted by Crippen LogP contribution is 2.27. The van der Waals surface area contributed by atoms with Crippen LogP contribution in [0.1, 0.15) is 18.9 Å². The van der Waals surface area contributed by atoms with Gasteiger partial charge in [0, 0.05) is 11.8 Å². The normalized spacial score (nSPS) is 19.1. The Kier molecular flexibility index (Phi) is 2.50. The van der Waals surface area contributed by atoms with E-state index in [0.717, 1.165) is 21.8 Å². The van der Waals surface area contributed by atoms with Crippen LogP contribution in [0, 0.1) is 0 Å². The van der Waals surface area contributed by atoms with Gasteiger partial charge in [-0.2, -0.15) is 0 Å². The van der Waals surface area contributed by atoms with Gasteiger partial charge in [-0.25, -0.2) is 4.68 Å². The molecule has 2 amide bonds. The molecule has 0 spiro atoms. The molecular weight excluding hydrogens is 268 g/mol. The number of amides is 2. The molecule has 2 heterocycles. The Morgan fingerprint density at radius 1 is 1.14 bits per heavy atom. The van der Waals surface area contributed by atoms with Gasteiger partial charge >= 0.3 is 0 Å². The van der Waals surface area contributed by atoms with Gasteiger partial charge in [-0.05, 0) is 17.9 Å². The first kappa shape index (κ1) is 12.0. The molecule has 2 aromatic carbocycles. The number of hydrogen-bond acceptors (Lipinski definition) is 4. The number of carbonyl (C=O) groups is 2. The number of aromatic nitrogens is 3. The third-order valence-electron chi connectivity index (χ3n) is 3.87. The highest BCUT2D eigenvalue weighted by Gasteiger charge is 2.30. The first-order valence-electron chi connectivity index (χ1n) is 6.80. The van der Waals surface area contributed by atoms with Gasteiger partial charge in [-0.1, -0.05) is 35.5 Å². The monoisotopic (exact) mass is 280 g/mol. The van der Waals surface area contributed by atoms with Crippen LogP contribution >= 0.6 is 0 Å². The molecule has 6 heteroatoms. The molecule has 1 unspecified atom stereocenters. The summed E-state index contributed by atoms with van der Waals surface area (Å²) in [5.41, 5.74) is 1.58. The second kappa shape index (κ2) is 4.37. The molecule has 6 nitrogen and oxygen atoms in total. The molecule has 1 fully saturated rings. The van der Waals surface area contributed by atoms with E-state index in [1.165, 1.54) is 0 Å². The average molecular weight is 280 g/mol. The molecule has 4 rings (SSSR count). The van der Waals surface area contributed by atoms with Crippen LogP contribution in [0.5, 0.6) is 0 Å². The van der Waals surface area contributed by atoms with Crippen LogP contribution < -0.4 is 5.32 Å². The van der Waals surface area contributed by atoms with Crippen LogP contribution in [0.2, 0.25) is 0 Å². The smallest absolute Gasteiger partial charge is 0.251 e. The van der Waals surface area contributed by atoms with Gasteiger partial charge in [-0.3, -0.25) is 14.9 Å².